The summed E-state index contributed by atoms with van der Waals surface area (Å²) in [4.78, 5) is 0. The third kappa shape index (κ3) is 1.46. The topological polar surface area (TPSA) is 0 Å². The van der Waals surface area contributed by atoms with Crippen LogP contribution in [0.1, 0.15) is 0 Å². The van der Waals surface area contributed by atoms with Crippen molar-refractivity contribution in [3.63, 3.8) is 0 Å². The van der Waals surface area contributed by atoms with E-state index in [9.17, 15) is 0 Å². The molecular formula is C18H12BiSb. The second-order valence-electron chi connectivity index (χ2n) is 5.14. The van der Waals surface area contributed by atoms with E-state index in [1.165, 1.54) is 0 Å². The first-order valence-corrected chi connectivity index (χ1v) is 15.9. The van der Waals surface area contributed by atoms with Crippen LogP contribution in [-0.4, -0.2) is 42.0 Å². The van der Waals surface area contributed by atoms with E-state index in [0.717, 1.165) is 0 Å². The molecule has 20 heavy (non-hydrogen) atoms. The van der Waals surface area contributed by atoms with Gasteiger partial charge in [0.05, 0.1) is 0 Å². The molecule has 3 aliphatic rings. The molecule has 0 saturated heterocycles. The van der Waals surface area contributed by atoms with E-state index in [1.807, 2.05) is 0 Å². The van der Waals surface area contributed by atoms with Gasteiger partial charge >= 0.3 is 135 Å². The Hall–Kier alpha value is -0.639. The minimum atomic E-state index is -1.96. The van der Waals surface area contributed by atoms with Crippen LogP contribution in [0.25, 0.3) is 0 Å². The number of hydrogen-bond donors (Lipinski definition) is 0. The first-order valence-electron chi connectivity index (χ1n) is 6.82. The van der Waals surface area contributed by atoms with Crippen LogP contribution in [0, 0.1) is 0 Å². The van der Waals surface area contributed by atoms with E-state index in [0.29, 0.717) is 0 Å². The van der Waals surface area contributed by atoms with Crippen LogP contribution in [-0.2, 0) is 0 Å². The molecule has 3 aromatic carbocycles. The first-order chi connectivity index (χ1) is 9.95. The monoisotopic (exact) mass is 558 g/mol. The minimum absolute atomic E-state index is 1.71. The van der Waals surface area contributed by atoms with Gasteiger partial charge in [-0.2, -0.15) is 0 Å². The van der Waals surface area contributed by atoms with Gasteiger partial charge < -0.3 is 0 Å². The second-order valence-corrected chi connectivity index (χ2v) is 19.4. The summed E-state index contributed by atoms with van der Waals surface area (Å²) in [5.41, 5.74) is 0. The zero-order valence-corrected chi connectivity index (χ0v) is 16.9. The van der Waals surface area contributed by atoms with E-state index in [1.54, 1.807) is 20.3 Å². The van der Waals surface area contributed by atoms with Crippen molar-refractivity contribution in [2.45, 2.75) is 0 Å². The summed E-state index contributed by atoms with van der Waals surface area (Å²) in [6.45, 7) is 0. The molecule has 6 rings (SSSR count). The van der Waals surface area contributed by atoms with Gasteiger partial charge in [0, 0.05) is 0 Å². The molecule has 0 nitrogen and oxygen atoms in total. The molecule has 0 atom stereocenters. The fraction of sp³-hybridized carbons (Fsp3) is 0. The average molecular weight is 559 g/mol. The Bertz CT molecular complexity index is 658. The van der Waals surface area contributed by atoms with Crippen molar-refractivity contribution in [1.82, 2.24) is 0 Å². The number of benzene rings is 3. The third-order valence-electron chi connectivity index (χ3n) is 4.09. The molecule has 0 spiro atoms. The van der Waals surface area contributed by atoms with Crippen LogP contribution in [0.2, 0.25) is 0 Å². The Morgan fingerprint density at radius 2 is 0.850 bits per heavy atom. The summed E-state index contributed by atoms with van der Waals surface area (Å²) < 4.78 is 10.6. The quantitative estimate of drug-likeness (QED) is 0.222. The molecule has 2 bridgehead atoms. The van der Waals surface area contributed by atoms with Crippen LogP contribution in [0.4, 0.5) is 0 Å². The Morgan fingerprint density at radius 3 is 1.25 bits per heavy atom. The fourth-order valence-electron chi connectivity index (χ4n) is 3.31. The maximum atomic E-state index is 2.44. The van der Waals surface area contributed by atoms with Gasteiger partial charge in [0.2, 0.25) is 0 Å². The Kier molecular flexibility index (Phi) is 2.65. The predicted molar refractivity (Wildman–Crippen MR) is 88.6 cm³/mol. The van der Waals surface area contributed by atoms with Gasteiger partial charge in [-0.3, -0.25) is 0 Å². The molecular weight excluding hydrogens is 547 g/mol. The molecule has 0 aromatic heterocycles. The van der Waals surface area contributed by atoms with Crippen molar-refractivity contribution in [1.29, 1.82) is 0 Å². The molecule has 0 fully saturated rings. The van der Waals surface area contributed by atoms with Gasteiger partial charge in [-0.25, -0.2) is 0 Å². The van der Waals surface area contributed by atoms with E-state index in [2.05, 4.69) is 72.8 Å². The van der Waals surface area contributed by atoms with Gasteiger partial charge in [-0.1, -0.05) is 0 Å². The van der Waals surface area contributed by atoms with Crippen LogP contribution in [0.5, 0.6) is 0 Å². The average Bonchev–Trinajstić information content (AvgIpc) is 2.54. The number of hydrogen-bond acceptors (Lipinski definition) is 0. The fourth-order valence-corrected chi connectivity index (χ4v) is 34.8. The summed E-state index contributed by atoms with van der Waals surface area (Å²) in [5.74, 6) is 0. The Labute approximate surface area is 134 Å². The van der Waals surface area contributed by atoms with Crippen molar-refractivity contribution in [2.24, 2.45) is 0 Å². The summed E-state index contributed by atoms with van der Waals surface area (Å²) in [6.07, 6.45) is 0. The van der Waals surface area contributed by atoms with Crippen molar-refractivity contribution in [2.75, 3.05) is 0 Å². The third-order valence-corrected chi connectivity index (χ3v) is 28.1. The molecule has 2 heteroatoms. The van der Waals surface area contributed by atoms with Crippen molar-refractivity contribution >= 4 is 62.3 Å². The van der Waals surface area contributed by atoms with Crippen molar-refractivity contribution in [3.8, 4) is 0 Å². The molecule has 0 radical (unpaired) electrons. The van der Waals surface area contributed by atoms with Gasteiger partial charge in [0.1, 0.15) is 0 Å². The van der Waals surface area contributed by atoms with Crippen LogP contribution >= 0.6 is 0 Å². The molecule has 3 aromatic rings. The van der Waals surface area contributed by atoms with Gasteiger partial charge in [0.15, 0.2) is 0 Å². The number of rotatable bonds is 0. The van der Waals surface area contributed by atoms with Crippen LogP contribution in [0.3, 0.4) is 0 Å². The van der Waals surface area contributed by atoms with Crippen LogP contribution in [0.15, 0.2) is 72.8 Å². The summed E-state index contributed by atoms with van der Waals surface area (Å²) in [6, 6.07) is 28.1. The SMILES string of the molecule is c1cc[c]2[c](c1)[Sb]1[c]3cccc[c]3[Bi]2[c]2cccc[c]21. The van der Waals surface area contributed by atoms with Crippen molar-refractivity contribution in [3.05, 3.63) is 72.8 Å². The first kappa shape index (κ1) is 12.0. The maximum absolute atomic E-state index is 2.44. The Morgan fingerprint density at radius 1 is 0.500 bits per heavy atom. The standard InChI is InChI=1S/3C6H4.Bi.Sb/c3*1-2-4-6-5-3-1;;/h3*1-4H;;. The molecule has 94 valence electrons. The summed E-state index contributed by atoms with van der Waals surface area (Å²) in [5, 5.41) is 0. The van der Waals surface area contributed by atoms with E-state index >= 15 is 0 Å². The molecule has 3 heterocycles. The molecule has 0 aliphatic carbocycles. The van der Waals surface area contributed by atoms with Gasteiger partial charge in [-0.15, -0.1) is 0 Å². The molecule has 3 aliphatic heterocycles. The zero-order chi connectivity index (χ0) is 13.1. The molecule has 0 unspecified atom stereocenters. The van der Waals surface area contributed by atoms with Gasteiger partial charge in [0.25, 0.3) is 0 Å². The van der Waals surface area contributed by atoms with Gasteiger partial charge in [-0.05, 0) is 0 Å². The normalized spacial score (nSPS) is 15.6. The zero-order valence-electron chi connectivity index (χ0n) is 10.8. The second kappa shape index (κ2) is 4.43. The summed E-state index contributed by atoms with van der Waals surface area (Å²) in [7, 11) is 0. The van der Waals surface area contributed by atoms with E-state index in [4.69, 9.17) is 0 Å². The van der Waals surface area contributed by atoms with Crippen molar-refractivity contribution < 1.29 is 0 Å². The molecule has 0 saturated carbocycles. The molecule has 0 N–H and O–H groups in total. The predicted octanol–water partition coefficient (Wildman–Crippen LogP) is -0.654. The molecule has 0 amide bonds. The van der Waals surface area contributed by atoms with Crippen LogP contribution < -0.4 is 20.3 Å². The Balaban J connectivity index is 1.93. The summed E-state index contributed by atoms with van der Waals surface area (Å²) >= 11 is -3.67. The van der Waals surface area contributed by atoms with E-state index < -0.39 is 42.0 Å². The van der Waals surface area contributed by atoms with E-state index in [-0.39, 0.29) is 0 Å².